The van der Waals surface area contributed by atoms with Crippen molar-refractivity contribution in [3.05, 3.63) is 48.0 Å². The number of fused-ring (bicyclic) bond motifs is 1. The number of nitrogens with zero attached hydrogens (tertiary/aromatic N) is 1. The van der Waals surface area contributed by atoms with E-state index < -0.39 is 9.84 Å². The summed E-state index contributed by atoms with van der Waals surface area (Å²) in [6.07, 6.45) is 1.17. The van der Waals surface area contributed by atoms with Crippen LogP contribution in [0.3, 0.4) is 0 Å². The van der Waals surface area contributed by atoms with Gasteiger partial charge in [0.05, 0.1) is 15.1 Å². The molecular weight excluding hydrogens is 376 g/mol. The van der Waals surface area contributed by atoms with Gasteiger partial charge in [-0.3, -0.25) is 10.1 Å². The molecule has 1 heterocycles. The van der Waals surface area contributed by atoms with Crippen LogP contribution in [0.2, 0.25) is 0 Å². The second-order valence-electron chi connectivity index (χ2n) is 5.33. The van der Waals surface area contributed by atoms with Crippen LogP contribution >= 0.6 is 23.1 Å². The largest absolute Gasteiger partial charge is 0.298 e. The lowest BCUT2D eigenvalue weighted by molar-refractivity contribution is 0.102. The van der Waals surface area contributed by atoms with E-state index in [4.69, 9.17) is 0 Å². The monoisotopic (exact) mass is 392 g/mol. The average molecular weight is 393 g/mol. The first-order valence-corrected chi connectivity index (χ1v) is 11.2. The SMILES string of the molecule is CCSc1ccc(C(=O)Nc2nc3ccc(S(C)(=O)=O)cc3s2)cc1. The fourth-order valence-electron chi connectivity index (χ4n) is 2.23. The Hall–Kier alpha value is -1.90. The standard InChI is InChI=1S/C17H16N2O3S3/c1-3-23-12-6-4-11(5-7-12)16(20)19-17-18-14-9-8-13(25(2,21)22)10-15(14)24-17/h4-10H,3H2,1-2H3,(H,18,19,20). The Balaban J connectivity index is 1.81. The molecule has 0 aliphatic carbocycles. The predicted molar refractivity (Wildman–Crippen MR) is 104 cm³/mol. The first-order chi connectivity index (χ1) is 11.9. The summed E-state index contributed by atoms with van der Waals surface area (Å²) in [5.41, 5.74) is 1.21. The van der Waals surface area contributed by atoms with Crippen LogP contribution in [0, 0.1) is 0 Å². The molecule has 5 nitrogen and oxygen atoms in total. The zero-order chi connectivity index (χ0) is 18.0. The topological polar surface area (TPSA) is 76.1 Å². The van der Waals surface area contributed by atoms with Crippen LogP contribution in [0.15, 0.2) is 52.3 Å². The molecule has 8 heteroatoms. The van der Waals surface area contributed by atoms with Crippen molar-refractivity contribution in [2.24, 2.45) is 0 Å². The van der Waals surface area contributed by atoms with Crippen molar-refractivity contribution < 1.29 is 13.2 Å². The maximum absolute atomic E-state index is 12.3. The molecule has 0 saturated carbocycles. The second kappa shape index (κ2) is 7.15. The van der Waals surface area contributed by atoms with Gasteiger partial charge in [-0.25, -0.2) is 13.4 Å². The van der Waals surface area contributed by atoms with Crippen LogP contribution in [0.4, 0.5) is 5.13 Å². The molecule has 0 fully saturated rings. The molecule has 1 amide bonds. The number of benzene rings is 2. The number of thiazole rings is 1. The van der Waals surface area contributed by atoms with Crippen molar-refractivity contribution in [2.75, 3.05) is 17.3 Å². The van der Waals surface area contributed by atoms with Gasteiger partial charge in [0.25, 0.3) is 5.91 Å². The highest BCUT2D eigenvalue weighted by molar-refractivity contribution is 7.99. The van der Waals surface area contributed by atoms with Gasteiger partial charge >= 0.3 is 0 Å². The maximum Gasteiger partial charge on any atom is 0.257 e. The van der Waals surface area contributed by atoms with E-state index in [1.807, 2.05) is 12.1 Å². The molecule has 0 saturated heterocycles. The first kappa shape index (κ1) is 17.9. The smallest absolute Gasteiger partial charge is 0.257 e. The molecule has 0 spiro atoms. The zero-order valence-corrected chi connectivity index (χ0v) is 16.1. The molecule has 1 aromatic heterocycles. The maximum atomic E-state index is 12.3. The van der Waals surface area contributed by atoms with E-state index in [0.717, 1.165) is 10.6 Å². The fourth-order valence-corrected chi connectivity index (χ4v) is 4.51. The van der Waals surface area contributed by atoms with Gasteiger partial charge in [-0.1, -0.05) is 18.3 Å². The number of nitrogens with one attached hydrogen (secondary N) is 1. The Labute approximate surface area is 154 Å². The summed E-state index contributed by atoms with van der Waals surface area (Å²) >= 11 is 2.97. The summed E-state index contributed by atoms with van der Waals surface area (Å²) in [5.74, 6) is 0.739. The van der Waals surface area contributed by atoms with E-state index in [0.29, 0.717) is 20.9 Å². The van der Waals surface area contributed by atoms with E-state index in [9.17, 15) is 13.2 Å². The predicted octanol–water partition coefficient (Wildman–Crippen LogP) is 4.06. The fraction of sp³-hybridized carbons (Fsp3) is 0.176. The Morgan fingerprint density at radius 3 is 2.56 bits per heavy atom. The highest BCUT2D eigenvalue weighted by atomic mass is 32.2. The summed E-state index contributed by atoms with van der Waals surface area (Å²) < 4.78 is 24.0. The number of rotatable bonds is 5. The quantitative estimate of drug-likeness (QED) is 0.663. The molecule has 1 N–H and O–H groups in total. The minimum absolute atomic E-state index is 0.240. The van der Waals surface area contributed by atoms with Crippen LogP contribution in [-0.2, 0) is 9.84 Å². The van der Waals surface area contributed by atoms with Gasteiger partial charge in [0.15, 0.2) is 15.0 Å². The van der Waals surface area contributed by atoms with Gasteiger partial charge in [-0.05, 0) is 48.2 Å². The van der Waals surface area contributed by atoms with Crippen molar-refractivity contribution in [3.63, 3.8) is 0 Å². The summed E-state index contributed by atoms with van der Waals surface area (Å²) in [5, 5.41) is 3.21. The van der Waals surface area contributed by atoms with Crippen molar-refractivity contribution in [2.45, 2.75) is 16.7 Å². The van der Waals surface area contributed by atoms with E-state index in [1.54, 1.807) is 36.0 Å². The zero-order valence-electron chi connectivity index (χ0n) is 13.6. The lowest BCUT2D eigenvalue weighted by atomic mass is 10.2. The van der Waals surface area contributed by atoms with Gasteiger partial charge in [0.1, 0.15) is 0 Å². The normalized spacial score (nSPS) is 11.6. The number of anilines is 1. The Bertz CT molecular complexity index is 1020. The van der Waals surface area contributed by atoms with E-state index in [2.05, 4.69) is 17.2 Å². The molecule has 0 bridgehead atoms. The molecule has 130 valence electrons. The van der Waals surface area contributed by atoms with Crippen molar-refractivity contribution in [1.82, 2.24) is 4.98 Å². The van der Waals surface area contributed by atoms with Crippen LogP contribution in [0.5, 0.6) is 0 Å². The molecule has 25 heavy (non-hydrogen) atoms. The van der Waals surface area contributed by atoms with Gasteiger partial charge in [0, 0.05) is 16.7 Å². The summed E-state index contributed by atoms with van der Waals surface area (Å²) in [6, 6.07) is 12.1. The van der Waals surface area contributed by atoms with Gasteiger partial charge in [0.2, 0.25) is 0 Å². The number of hydrogen-bond donors (Lipinski definition) is 1. The molecule has 3 aromatic rings. The molecule has 0 radical (unpaired) electrons. The number of sulfone groups is 1. The highest BCUT2D eigenvalue weighted by Gasteiger charge is 2.13. The molecule has 0 aliphatic heterocycles. The molecule has 0 aliphatic rings. The number of thioether (sulfide) groups is 1. The molecular formula is C17H16N2O3S3. The van der Waals surface area contributed by atoms with Crippen molar-refractivity contribution in [3.8, 4) is 0 Å². The van der Waals surface area contributed by atoms with E-state index in [-0.39, 0.29) is 10.8 Å². The minimum atomic E-state index is -3.27. The summed E-state index contributed by atoms with van der Waals surface area (Å²) in [7, 11) is -3.27. The number of hydrogen-bond acceptors (Lipinski definition) is 6. The molecule has 0 atom stereocenters. The Morgan fingerprint density at radius 1 is 1.20 bits per heavy atom. The lowest BCUT2D eigenvalue weighted by Crippen LogP contribution is -2.11. The van der Waals surface area contributed by atoms with Gasteiger partial charge < -0.3 is 0 Å². The molecule has 3 rings (SSSR count). The molecule has 0 unspecified atom stereocenters. The van der Waals surface area contributed by atoms with Gasteiger partial charge in [-0.15, -0.1) is 11.8 Å². The number of carbonyl (C=O) groups excluding carboxylic acids is 1. The van der Waals surface area contributed by atoms with Crippen LogP contribution in [-0.4, -0.2) is 31.3 Å². The summed E-state index contributed by atoms with van der Waals surface area (Å²) in [6.45, 7) is 2.08. The van der Waals surface area contributed by atoms with Crippen LogP contribution < -0.4 is 5.32 Å². The number of amides is 1. The van der Waals surface area contributed by atoms with Crippen LogP contribution in [0.25, 0.3) is 10.2 Å². The van der Waals surface area contributed by atoms with E-state index >= 15 is 0 Å². The van der Waals surface area contributed by atoms with Crippen molar-refractivity contribution >= 4 is 54.2 Å². The minimum Gasteiger partial charge on any atom is -0.298 e. The number of carbonyl (C=O) groups is 1. The van der Waals surface area contributed by atoms with E-state index in [1.165, 1.54) is 23.7 Å². The van der Waals surface area contributed by atoms with Crippen LogP contribution in [0.1, 0.15) is 17.3 Å². The Morgan fingerprint density at radius 2 is 1.92 bits per heavy atom. The highest BCUT2D eigenvalue weighted by Crippen LogP contribution is 2.28. The van der Waals surface area contributed by atoms with Gasteiger partial charge in [-0.2, -0.15) is 0 Å². The lowest BCUT2D eigenvalue weighted by Gasteiger charge is -2.03. The molecule has 2 aromatic carbocycles. The third kappa shape index (κ3) is 4.20. The Kier molecular flexibility index (Phi) is 5.12. The first-order valence-electron chi connectivity index (χ1n) is 7.51. The van der Waals surface area contributed by atoms with Crippen molar-refractivity contribution in [1.29, 1.82) is 0 Å². The summed E-state index contributed by atoms with van der Waals surface area (Å²) in [4.78, 5) is 18.0. The third-order valence-electron chi connectivity index (χ3n) is 3.44. The average Bonchev–Trinajstić information content (AvgIpc) is 2.96. The third-order valence-corrected chi connectivity index (χ3v) is 6.37. The second-order valence-corrected chi connectivity index (χ2v) is 9.72. The number of aromatic nitrogens is 1.